The first-order valence-corrected chi connectivity index (χ1v) is 6.92. The lowest BCUT2D eigenvalue weighted by molar-refractivity contribution is -0.389. The SMILES string of the molecule is CC1CC(C)CN(c2nc3ccccn3c2[N+](=O)[O-])C1. The maximum absolute atomic E-state index is 11.4. The minimum absolute atomic E-state index is 0.0712. The van der Waals surface area contributed by atoms with Gasteiger partial charge in [-0.3, -0.25) is 0 Å². The molecule has 0 aliphatic carbocycles. The Morgan fingerprint density at radius 2 is 2.00 bits per heavy atom. The molecule has 6 nitrogen and oxygen atoms in total. The van der Waals surface area contributed by atoms with Crippen molar-refractivity contribution in [1.29, 1.82) is 0 Å². The highest BCUT2D eigenvalue weighted by Gasteiger charge is 2.31. The van der Waals surface area contributed by atoms with Crippen molar-refractivity contribution in [3.05, 3.63) is 34.5 Å². The van der Waals surface area contributed by atoms with Crippen LogP contribution < -0.4 is 4.90 Å². The number of nitrogens with zero attached hydrogens (tertiary/aromatic N) is 4. The number of fused-ring (bicyclic) bond motifs is 1. The lowest BCUT2D eigenvalue weighted by Crippen LogP contribution is -2.39. The molecule has 6 heteroatoms. The largest absolute Gasteiger partial charge is 0.372 e. The summed E-state index contributed by atoms with van der Waals surface area (Å²) >= 11 is 0. The van der Waals surface area contributed by atoms with Crippen molar-refractivity contribution in [2.45, 2.75) is 20.3 Å². The molecular formula is C14H18N4O2. The maximum Gasteiger partial charge on any atom is 0.372 e. The summed E-state index contributed by atoms with van der Waals surface area (Å²) in [5.74, 6) is 1.63. The van der Waals surface area contributed by atoms with E-state index in [9.17, 15) is 10.1 Å². The second-order valence-corrected chi connectivity index (χ2v) is 5.80. The van der Waals surface area contributed by atoms with Gasteiger partial charge in [0.1, 0.15) is 0 Å². The predicted molar refractivity (Wildman–Crippen MR) is 77.0 cm³/mol. The van der Waals surface area contributed by atoms with E-state index < -0.39 is 0 Å². The fourth-order valence-electron chi connectivity index (χ4n) is 3.19. The maximum atomic E-state index is 11.4. The molecule has 3 rings (SSSR count). The Bertz CT molecular complexity index is 642. The highest BCUT2D eigenvalue weighted by Crippen LogP contribution is 2.33. The zero-order valence-corrected chi connectivity index (χ0v) is 11.7. The number of aromatic nitrogens is 2. The van der Waals surface area contributed by atoms with Crippen LogP contribution in [0.25, 0.3) is 5.65 Å². The van der Waals surface area contributed by atoms with E-state index in [0.717, 1.165) is 19.5 Å². The van der Waals surface area contributed by atoms with Crippen molar-refractivity contribution in [3.63, 3.8) is 0 Å². The molecule has 0 spiro atoms. The van der Waals surface area contributed by atoms with E-state index >= 15 is 0 Å². The van der Waals surface area contributed by atoms with E-state index in [-0.39, 0.29) is 10.7 Å². The molecule has 0 saturated carbocycles. The van der Waals surface area contributed by atoms with Gasteiger partial charge in [-0.25, -0.2) is 0 Å². The monoisotopic (exact) mass is 274 g/mol. The van der Waals surface area contributed by atoms with E-state index in [1.165, 1.54) is 0 Å². The molecule has 0 amide bonds. The van der Waals surface area contributed by atoms with Gasteiger partial charge >= 0.3 is 5.82 Å². The number of pyridine rings is 1. The van der Waals surface area contributed by atoms with Gasteiger partial charge in [-0.15, -0.1) is 0 Å². The van der Waals surface area contributed by atoms with Crippen LogP contribution in [-0.2, 0) is 0 Å². The van der Waals surface area contributed by atoms with Crippen LogP contribution in [-0.4, -0.2) is 27.4 Å². The summed E-state index contributed by atoms with van der Waals surface area (Å²) in [5.41, 5.74) is 0.625. The third kappa shape index (κ3) is 2.11. The van der Waals surface area contributed by atoms with Gasteiger partial charge in [0, 0.05) is 19.2 Å². The van der Waals surface area contributed by atoms with E-state index in [1.807, 2.05) is 6.07 Å². The highest BCUT2D eigenvalue weighted by atomic mass is 16.6. The Labute approximate surface area is 117 Å². The minimum atomic E-state index is -0.334. The van der Waals surface area contributed by atoms with Gasteiger partial charge in [0.2, 0.25) is 11.5 Å². The number of hydrogen-bond acceptors (Lipinski definition) is 4. The molecule has 2 aromatic heterocycles. The third-order valence-corrected chi connectivity index (χ3v) is 3.83. The van der Waals surface area contributed by atoms with Gasteiger partial charge in [0.15, 0.2) is 0 Å². The summed E-state index contributed by atoms with van der Waals surface area (Å²) in [6.07, 6.45) is 2.86. The molecule has 0 bridgehead atoms. The number of rotatable bonds is 2. The van der Waals surface area contributed by atoms with Gasteiger partial charge in [-0.2, -0.15) is 9.38 Å². The molecule has 2 unspecified atom stereocenters. The molecule has 2 aromatic rings. The molecule has 1 fully saturated rings. The van der Waals surface area contributed by atoms with Crippen LogP contribution in [0.3, 0.4) is 0 Å². The fraction of sp³-hybridized carbons (Fsp3) is 0.500. The summed E-state index contributed by atoms with van der Waals surface area (Å²) in [5, 5.41) is 11.4. The lowest BCUT2D eigenvalue weighted by Gasteiger charge is -2.34. The third-order valence-electron chi connectivity index (χ3n) is 3.83. The molecule has 106 valence electrons. The summed E-state index contributed by atoms with van der Waals surface area (Å²) in [4.78, 5) is 17.6. The normalized spacial score (nSPS) is 23.2. The number of hydrogen-bond donors (Lipinski definition) is 0. The van der Waals surface area contributed by atoms with E-state index in [1.54, 1.807) is 22.7 Å². The zero-order chi connectivity index (χ0) is 14.3. The Kier molecular flexibility index (Phi) is 3.08. The molecule has 0 N–H and O–H groups in total. The van der Waals surface area contributed by atoms with Crippen molar-refractivity contribution in [3.8, 4) is 0 Å². The fourth-order valence-corrected chi connectivity index (χ4v) is 3.19. The van der Waals surface area contributed by atoms with Crippen LogP contribution in [0.1, 0.15) is 20.3 Å². The first-order chi connectivity index (χ1) is 9.56. The van der Waals surface area contributed by atoms with Crippen molar-refractivity contribution in [2.75, 3.05) is 18.0 Å². The van der Waals surface area contributed by atoms with E-state index in [2.05, 4.69) is 23.7 Å². The van der Waals surface area contributed by atoms with Gasteiger partial charge in [-0.1, -0.05) is 19.9 Å². The first kappa shape index (κ1) is 12.9. The molecule has 2 atom stereocenters. The van der Waals surface area contributed by atoms with Crippen LogP contribution in [0.5, 0.6) is 0 Å². The summed E-state index contributed by atoms with van der Waals surface area (Å²) < 4.78 is 1.55. The molecule has 1 saturated heterocycles. The molecule has 1 aliphatic rings. The van der Waals surface area contributed by atoms with Gasteiger partial charge in [-0.05, 0) is 29.2 Å². The lowest BCUT2D eigenvalue weighted by atomic mass is 9.92. The number of piperidine rings is 1. The molecule has 3 heterocycles. The van der Waals surface area contributed by atoms with Crippen molar-refractivity contribution in [1.82, 2.24) is 9.38 Å². The average Bonchev–Trinajstić information content (AvgIpc) is 2.76. The Balaban J connectivity index is 2.10. The summed E-state index contributed by atoms with van der Waals surface area (Å²) in [6, 6.07) is 5.43. The van der Waals surface area contributed by atoms with Crippen LogP contribution in [0.2, 0.25) is 0 Å². The predicted octanol–water partition coefficient (Wildman–Crippen LogP) is 2.72. The van der Waals surface area contributed by atoms with E-state index in [4.69, 9.17) is 0 Å². The smallest absolute Gasteiger partial charge is 0.358 e. The second-order valence-electron chi connectivity index (χ2n) is 5.80. The van der Waals surface area contributed by atoms with Gasteiger partial charge < -0.3 is 15.0 Å². The highest BCUT2D eigenvalue weighted by molar-refractivity contribution is 5.63. The number of nitro groups is 1. The molecule has 0 aromatic carbocycles. The van der Waals surface area contributed by atoms with Gasteiger partial charge in [0.25, 0.3) is 0 Å². The molecular weight excluding hydrogens is 256 g/mol. The standard InChI is InChI=1S/C14H18N4O2/c1-10-7-11(2)9-16(8-10)13-14(18(19)20)17-6-4-3-5-12(17)15-13/h3-6,10-11H,7-9H2,1-2H3. The zero-order valence-electron chi connectivity index (χ0n) is 11.7. The summed E-state index contributed by atoms with van der Waals surface area (Å²) in [6.45, 7) is 6.03. The van der Waals surface area contributed by atoms with Crippen molar-refractivity contribution < 1.29 is 4.92 Å². The average molecular weight is 274 g/mol. The number of anilines is 1. The molecule has 1 aliphatic heterocycles. The first-order valence-electron chi connectivity index (χ1n) is 6.92. The topological polar surface area (TPSA) is 63.7 Å². The van der Waals surface area contributed by atoms with E-state index in [0.29, 0.717) is 23.3 Å². The quantitative estimate of drug-likeness (QED) is 0.624. The Hall–Kier alpha value is -2.11. The minimum Gasteiger partial charge on any atom is -0.358 e. The van der Waals surface area contributed by atoms with Gasteiger partial charge in [0.05, 0.1) is 6.20 Å². The number of imidazole rings is 1. The van der Waals surface area contributed by atoms with Crippen LogP contribution >= 0.6 is 0 Å². The van der Waals surface area contributed by atoms with Crippen LogP contribution in [0.4, 0.5) is 11.6 Å². The van der Waals surface area contributed by atoms with Crippen LogP contribution in [0, 0.1) is 22.0 Å². The molecule has 0 radical (unpaired) electrons. The second kappa shape index (κ2) is 4.77. The Morgan fingerprint density at radius 1 is 1.30 bits per heavy atom. The van der Waals surface area contributed by atoms with Crippen molar-refractivity contribution in [2.24, 2.45) is 11.8 Å². The van der Waals surface area contributed by atoms with Crippen LogP contribution in [0.15, 0.2) is 24.4 Å². The summed E-state index contributed by atoms with van der Waals surface area (Å²) in [7, 11) is 0. The molecule has 20 heavy (non-hydrogen) atoms. The Morgan fingerprint density at radius 3 is 2.65 bits per heavy atom. The van der Waals surface area contributed by atoms with Crippen molar-refractivity contribution >= 4 is 17.3 Å².